The second-order valence-corrected chi connectivity index (χ2v) is 6.78. The molecule has 22 heavy (non-hydrogen) atoms. The van der Waals surface area contributed by atoms with E-state index in [1.807, 2.05) is 32.0 Å². The Bertz CT molecular complexity index is 766. The van der Waals surface area contributed by atoms with Crippen LogP contribution in [0.4, 0.5) is 11.4 Å². The minimum absolute atomic E-state index is 0.268. The van der Waals surface area contributed by atoms with Gasteiger partial charge in [-0.3, -0.25) is 4.72 Å². The van der Waals surface area contributed by atoms with Crippen LogP contribution in [-0.4, -0.2) is 15.0 Å². The van der Waals surface area contributed by atoms with Gasteiger partial charge in [0.15, 0.2) is 0 Å². The van der Waals surface area contributed by atoms with E-state index in [0.29, 0.717) is 12.2 Å². The van der Waals surface area contributed by atoms with Gasteiger partial charge in [0.25, 0.3) is 10.0 Å². The van der Waals surface area contributed by atoms with Gasteiger partial charge in [0.05, 0.1) is 4.90 Å². The third-order valence-corrected chi connectivity index (χ3v) is 4.76. The summed E-state index contributed by atoms with van der Waals surface area (Å²) in [5.74, 6) is 0. The van der Waals surface area contributed by atoms with E-state index < -0.39 is 10.0 Å². The lowest BCUT2D eigenvalue weighted by Gasteiger charge is -2.10. The number of rotatable bonds is 6. The molecule has 0 amide bonds. The molecular formula is C17H20N2O2S. The third kappa shape index (κ3) is 3.89. The fourth-order valence-electron chi connectivity index (χ4n) is 1.94. The molecule has 0 bridgehead atoms. The van der Waals surface area contributed by atoms with Gasteiger partial charge in [0, 0.05) is 17.9 Å². The summed E-state index contributed by atoms with van der Waals surface area (Å²) in [5, 5.41) is 3.13. The van der Waals surface area contributed by atoms with Crippen LogP contribution in [0.15, 0.2) is 60.0 Å². The summed E-state index contributed by atoms with van der Waals surface area (Å²) in [5.41, 5.74) is 3.46. The van der Waals surface area contributed by atoms with E-state index in [1.54, 1.807) is 30.3 Å². The first kappa shape index (κ1) is 16.1. The number of benzene rings is 2. The number of sulfonamides is 1. The number of aryl methyl sites for hydroxylation is 2. The van der Waals surface area contributed by atoms with Crippen molar-refractivity contribution < 1.29 is 8.42 Å². The molecule has 2 aromatic rings. The van der Waals surface area contributed by atoms with Crippen molar-refractivity contribution in [2.75, 3.05) is 16.6 Å². The standard InChI is InChI=1S/C17H20N2O2S/c1-4-11-18-15-6-8-16(9-7-15)19-22(20,21)17-10-5-13(2)14(3)12-17/h4-10,12,18-19H,1,11H2,2-3H3. The maximum Gasteiger partial charge on any atom is 0.261 e. The molecule has 0 aromatic heterocycles. The van der Waals surface area contributed by atoms with E-state index in [-0.39, 0.29) is 4.90 Å². The largest absolute Gasteiger partial charge is 0.382 e. The monoisotopic (exact) mass is 316 g/mol. The maximum atomic E-state index is 12.4. The van der Waals surface area contributed by atoms with Gasteiger partial charge in [-0.05, 0) is 61.4 Å². The Hall–Kier alpha value is -2.27. The fourth-order valence-corrected chi connectivity index (χ4v) is 3.08. The molecule has 0 aliphatic carbocycles. The SMILES string of the molecule is C=CCNc1ccc(NS(=O)(=O)c2ccc(C)c(C)c2)cc1. The van der Waals surface area contributed by atoms with Crippen molar-refractivity contribution in [3.05, 3.63) is 66.2 Å². The molecule has 116 valence electrons. The summed E-state index contributed by atoms with van der Waals surface area (Å²) < 4.78 is 27.4. The van der Waals surface area contributed by atoms with Crippen LogP contribution in [0.3, 0.4) is 0 Å². The van der Waals surface area contributed by atoms with Gasteiger partial charge in [0.1, 0.15) is 0 Å². The molecule has 0 aliphatic rings. The van der Waals surface area contributed by atoms with E-state index in [0.717, 1.165) is 16.8 Å². The Morgan fingerprint density at radius 3 is 2.23 bits per heavy atom. The predicted molar refractivity (Wildman–Crippen MR) is 91.9 cm³/mol. The van der Waals surface area contributed by atoms with Crippen molar-refractivity contribution in [2.24, 2.45) is 0 Å². The smallest absolute Gasteiger partial charge is 0.261 e. The van der Waals surface area contributed by atoms with E-state index in [2.05, 4.69) is 16.6 Å². The van der Waals surface area contributed by atoms with Crippen LogP contribution in [-0.2, 0) is 10.0 Å². The molecule has 0 saturated carbocycles. The van der Waals surface area contributed by atoms with Crippen LogP contribution in [0.2, 0.25) is 0 Å². The van der Waals surface area contributed by atoms with Gasteiger partial charge in [-0.25, -0.2) is 8.42 Å². The van der Waals surface area contributed by atoms with Crippen LogP contribution >= 0.6 is 0 Å². The molecule has 0 spiro atoms. The number of hydrogen-bond donors (Lipinski definition) is 2. The lowest BCUT2D eigenvalue weighted by molar-refractivity contribution is 0.601. The van der Waals surface area contributed by atoms with Crippen molar-refractivity contribution in [2.45, 2.75) is 18.7 Å². The first-order valence-electron chi connectivity index (χ1n) is 6.97. The van der Waals surface area contributed by atoms with Crippen molar-refractivity contribution in [1.82, 2.24) is 0 Å². The minimum atomic E-state index is -3.57. The highest BCUT2D eigenvalue weighted by Gasteiger charge is 2.14. The Kier molecular flexibility index (Phi) is 4.88. The molecule has 0 fully saturated rings. The summed E-state index contributed by atoms with van der Waals surface area (Å²) in [6.07, 6.45) is 1.76. The zero-order valence-electron chi connectivity index (χ0n) is 12.8. The van der Waals surface area contributed by atoms with Crippen LogP contribution in [0.25, 0.3) is 0 Å². The van der Waals surface area contributed by atoms with Gasteiger partial charge < -0.3 is 5.32 Å². The molecular weight excluding hydrogens is 296 g/mol. The van der Waals surface area contributed by atoms with Crippen LogP contribution in [0, 0.1) is 13.8 Å². The highest BCUT2D eigenvalue weighted by molar-refractivity contribution is 7.92. The molecule has 0 heterocycles. The molecule has 0 radical (unpaired) electrons. The average molecular weight is 316 g/mol. The van der Waals surface area contributed by atoms with Crippen molar-refractivity contribution in [1.29, 1.82) is 0 Å². The first-order valence-corrected chi connectivity index (χ1v) is 8.45. The Morgan fingerprint density at radius 1 is 1.00 bits per heavy atom. The van der Waals surface area contributed by atoms with E-state index >= 15 is 0 Å². The molecule has 0 atom stereocenters. The Balaban J connectivity index is 2.17. The van der Waals surface area contributed by atoms with Crippen LogP contribution < -0.4 is 10.0 Å². The third-order valence-electron chi connectivity index (χ3n) is 3.38. The normalized spacial score (nSPS) is 11.0. The van der Waals surface area contributed by atoms with Gasteiger partial charge in [-0.15, -0.1) is 6.58 Å². The fraction of sp³-hybridized carbons (Fsp3) is 0.176. The summed E-state index contributed by atoms with van der Waals surface area (Å²) in [7, 11) is -3.57. The Morgan fingerprint density at radius 2 is 1.64 bits per heavy atom. The molecule has 4 nitrogen and oxygen atoms in total. The topological polar surface area (TPSA) is 58.2 Å². The molecule has 0 unspecified atom stereocenters. The minimum Gasteiger partial charge on any atom is -0.382 e. The van der Waals surface area contributed by atoms with E-state index in [1.165, 1.54) is 0 Å². The molecule has 2 rings (SSSR count). The van der Waals surface area contributed by atoms with E-state index in [4.69, 9.17) is 0 Å². The van der Waals surface area contributed by atoms with Gasteiger partial charge in [-0.1, -0.05) is 12.1 Å². The second kappa shape index (κ2) is 6.66. The molecule has 0 saturated heterocycles. The summed E-state index contributed by atoms with van der Waals surface area (Å²) >= 11 is 0. The quantitative estimate of drug-likeness (QED) is 0.799. The Labute approximate surface area is 131 Å². The van der Waals surface area contributed by atoms with Gasteiger partial charge >= 0.3 is 0 Å². The number of nitrogens with one attached hydrogen (secondary N) is 2. The summed E-state index contributed by atoms with van der Waals surface area (Å²) in [4.78, 5) is 0.268. The first-order chi connectivity index (χ1) is 10.4. The lowest BCUT2D eigenvalue weighted by Crippen LogP contribution is -2.13. The molecule has 0 aliphatic heterocycles. The molecule has 5 heteroatoms. The second-order valence-electron chi connectivity index (χ2n) is 5.10. The van der Waals surface area contributed by atoms with Gasteiger partial charge in [0.2, 0.25) is 0 Å². The summed E-state index contributed by atoms with van der Waals surface area (Å²) in [6.45, 7) is 8.14. The van der Waals surface area contributed by atoms with E-state index in [9.17, 15) is 8.42 Å². The lowest BCUT2D eigenvalue weighted by atomic mass is 10.1. The van der Waals surface area contributed by atoms with Crippen molar-refractivity contribution in [3.8, 4) is 0 Å². The van der Waals surface area contributed by atoms with Crippen LogP contribution in [0.1, 0.15) is 11.1 Å². The number of anilines is 2. The van der Waals surface area contributed by atoms with Gasteiger partial charge in [-0.2, -0.15) is 0 Å². The highest BCUT2D eigenvalue weighted by atomic mass is 32.2. The van der Waals surface area contributed by atoms with Crippen molar-refractivity contribution in [3.63, 3.8) is 0 Å². The van der Waals surface area contributed by atoms with Crippen LogP contribution in [0.5, 0.6) is 0 Å². The molecule has 2 N–H and O–H groups in total. The zero-order chi connectivity index (χ0) is 16.2. The molecule has 2 aromatic carbocycles. The average Bonchev–Trinajstić information content (AvgIpc) is 2.49. The summed E-state index contributed by atoms with van der Waals surface area (Å²) in [6, 6.07) is 12.2. The highest BCUT2D eigenvalue weighted by Crippen LogP contribution is 2.20. The number of hydrogen-bond acceptors (Lipinski definition) is 3. The predicted octanol–water partition coefficient (Wildman–Crippen LogP) is 3.70. The van der Waals surface area contributed by atoms with Crippen molar-refractivity contribution >= 4 is 21.4 Å². The zero-order valence-corrected chi connectivity index (χ0v) is 13.6. The maximum absolute atomic E-state index is 12.4.